The minimum atomic E-state index is -0.867. The average molecular weight is 261 g/mol. The van der Waals surface area contributed by atoms with Crippen molar-refractivity contribution in [3.8, 4) is 5.75 Å². The molecule has 2 nitrogen and oxygen atoms in total. The second-order valence-electron chi connectivity index (χ2n) is 4.63. The Morgan fingerprint density at radius 2 is 1.74 bits per heavy atom. The number of nitrogens with two attached hydrogens (primary N) is 1. The molecular weight excluding hydrogens is 248 g/mol. The molecule has 1 aliphatic heterocycles. The largest absolute Gasteiger partial charge is 0.485 e. The first-order valence-corrected chi connectivity index (χ1v) is 6.12. The average Bonchev–Trinajstić information content (AvgIpc) is 2.42. The van der Waals surface area contributed by atoms with Crippen LogP contribution in [0.25, 0.3) is 0 Å². The summed E-state index contributed by atoms with van der Waals surface area (Å²) in [5.41, 5.74) is 7.18. The lowest BCUT2D eigenvalue weighted by atomic mass is 9.93. The molecule has 0 spiro atoms. The number of para-hydroxylation sites is 1. The van der Waals surface area contributed by atoms with Gasteiger partial charge in [-0.05, 0) is 12.1 Å². The van der Waals surface area contributed by atoms with Crippen molar-refractivity contribution in [3.05, 3.63) is 65.2 Å². The number of rotatable bonds is 1. The molecule has 0 amide bonds. The summed E-state index contributed by atoms with van der Waals surface area (Å²) >= 11 is 0. The summed E-state index contributed by atoms with van der Waals surface area (Å²) in [5, 5.41) is 0. The highest BCUT2D eigenvalue weighted by Crippen LogP contribution is 2.40. The van der Waals surface area contributed by atoms with Gasteiger partial charge in [0.2, 0.25) is 0 Å². The molecule has 2 atom stereocenters. The molecule has 0 fully saturated rings. The van der Waals surface area contributed by atoms with Crippen LogP contribution >= 0.6 is 0 Å². The molecule has 4 heteroatoms. The summed E-state index contributed by atoms with van der Waals surface area (Å²) < 4.78 is 32.8. The molecule has 0 saturated carbocycles. The van der Waals surface area contributed by atoms with Crippen LogP contribution in [-0.2, 0) is 0 Å². The first-order valence-electron chi connectivity index (χ1n) is 6.12. The zero-order chi connectivity index (χ0) is 13.4. The van der Waals surface area contributed by atoms with Crippen molar-refractivity contribution in [2.24, 2.45) is 5.73 Å². The third-order valence-electron chi connectivity index (χ3n) is 3.38. The highest BCUT2D eigenvalue weighted by atomic mass is 19.2. The Hall–Kier alpha value is -1.94. The second kappa shape index (κ2) is 4.63. The number of fused-ring (bicyclic) bond motifs is 1. The number of halogens is 2. The van der Waals surface area contributed by atoms with Gasteiger partial charge in [0.05, 0.1) is 0 Å². The molecule has 19 heavy (non-hydrogen) atoms. The maximum atomic E-state index is 13.8. The molecular formula is C15H13F2NO. The van der Waals surface area contributed by atoms with Crippen LogP contribution in [0.2, 0.25) is 0 Å². The minimum Gasteiger partial charge on any atom is -0.485 e. The molecule has 1 unspecified atom stereocenters. The van der Waals surface area contributed by atoms with Gasteiger partial charge in [0, 0.05) is 23.6 Å². The van der Waals surface area contributed by atoms with Gasteiger partial charge in [0.1, 0.15) is 11.9 Å². The fourth-order valence-electron chi connectivity index (χ4n) is 2.41. The van der Waals surface area contributed by atoms with E-state index in [1.54, 1.807) is 6.07 Å². The van der Waals surface area contributed by atoms with Crippen molar-refractivity contribution in [2.75, 3.05) is 0 Å². The van der Waals surface area contributed by atoms with Crippen molar-refractivity contribution in [1.82, 2.24) is 0 Å². The standard InChI is InChI=1S/C15H13F2NO/c16-11-6-3-5-10(15(11)17)14-8-12(18)9-4-1-2-7-13(9)19-14/h1-7,12,14H,8,18H2/t12-,14?/m0/s1. The normalized spacial score (nSPS) is 21.6. The van der Waals surface area contributed by atoms with Gasteiger partial charge in [-0.25, -0.2) is 8.78 Å². The highest BCUT2D eigenvalue weighted by molar-refractivity contribution is 5.39. The molecule has 0 aliphatic carbocycles. The molecule has 0 bridgehead atoms. The smallest absolute Gasteiger partial charge is 0.165 e. The van der Waals surface area contributed by atoms with E-state index in [1.165, 1.54) is 12.1 Å². The van der Waals surface area contributed by atoms with E-state index in [0.29, 0.717) is 12.2 Å². The van der Waals surface area contributed by atoms with Crippen molar-refractivity contribution in [3.63, 3.8) is 0 Å². The van der Waals surface area contributed by atoms with Gasteiger partial charge >= 0.3 is 0 Å². The molecule has 0 radical (unpaired) electrons. The summed E-state index contributed by atoms with van der Waals surface area (Å²) in [6, 6.07) is 11.2. The maximum Gasteiger partial charge on any atom is 0.165 e. The minimum absolute atomic E-state index is 0.213. The Balaban J connectivity index is 1.99. The predicted octanol–water partition coefficient (Wildman–Crippen LogP) is 3.49. The summed E-state index contributed by atoms with van der Waals surface area (Å²) in [4.78, 5) is 0. The zero-order valence-corrected chi connectivity index (χ0v) is 10.1. The summed E-state index contributed by atoms with van der Waals surface area (Å²) in [5.74, 6) is -1.09. The van der Waals surface area contributed by atoms with Crippen LogP contribution in [0.4, 0.5) is 8.78 Å². The maximum absolute atomic E-state index is 13.8. The van der Waals surface area contributed by atoms with Gasteiger partial charge in [-0.2, -0.15) is 0 Å². The van der Waals surface area contributed by atoms with Crippen LogP contribution < -0.4 is 10.5 Å². The van der Waals surface area contributed by atoms with E-state index in [9.17, 15) is 8.78 Å². The van der Waals surface area contributed by atoms with Gasteiger partial charge in [-0.3, -0.25) is 0 Å². The molecule has 2 N–H and O–H groups in total. The third-order valence-corrected chi connectivity index (χ3v) is 3.38. The third kappa shape index (κ3) is 2.08. The first kappa shape index (κ1) is 12.1. The Morgan fingerprint density at radius 1 is 1.00 bits per heavy atom. The van der Waals surface area contributed by atoms with E-state index < -0.39 is 17.7 Å². The van der Waals surface area contributed by atoms with E-state index in [4.69, 9.17) is 10.5 Å². The lowest BCUT2D eigenvalue weighted by Gasteiger charge is -2.30. The quantitative estimate of drug-likeness (QED) is 0.852. The van der Waals surface area contributed by atoms with Gasteiger partial charge in [-0.15, -0.1) is 0 Å². The number of hydrogen-bond acceptors (Lipinski definition) is 2. The van der Waals surface area contributed by atoms with Crippen molar-refractivity contribution in [1.29, 1.82) is 0 Å². The Morgan fingerprint density at radius 3 is 2.58 bits per heavy atom. The summed E-state index contributed by atoms with van der Waals surface area (Å²) in [7, 11) is 0. The fourth-order valence-corrected chi connectivity index (χ4v) is 2.41. The van der Waals surface area contributed by atoms with Gasteiger partial charge < -0.3 is 10.5 Å². The number of ether oxygens (including phenoxy) is 1. The Kier molecular flexibility index (Phi) is 2.95. The molecule has 98 valence electrons. The lowest BCUT2D eigenvalue weighted by Crippen LogP contribution is -2.24. The summed E-state index contributed by atoms with van der Waals surface area (Å²) in [6.07, 6.45) is -0.127. The molecule has 2 aromatic carbocycles. The topological polar surface area (TPSA) is 35.2 Å². The molecule has 3 rings (SSSR count). The van der Waals surface area contributed by atoms with Crippen LogP contribution in [0.1, 0.15) is 29.7 Å². The highest BCUT2D eigenvalue weighted by Gasteiger charge is 2.29. The molecule has 0 aromatic heterocycles. The van der Waals surface area contributed by atoms with E-state index in [0.717, 1.165) is 11.6 Å². The van der Waals surface area contributed by atoms with E-state index in [1.807, 2.05) is 18.2 Å². The van der Waals surface area contributed by atoms with Crippen LogP contribution in [0.15, 0.2) is 42.5 Å². The van der Waals surface area contributed by atoms with Crippen LogP contribution in [0, 0.1) is 11.6 Å². The van der Waals surface area contributed by atoms with Crippen molar-refractivity contribution >= 4 is 0 Å². The zero-order valence-electron chi connectivity index (χ0n) is 10.1. The van der Waals surface area contributed by atoms with Gasteiger partial charge in [0.25, 0.3) is 0 Å². The molecule has 2 aromatic rings. The van der Waals surface area contributed by atoms with Gasteiger partial charge in [-0.1, -0.05) is 30.3 Å². The van der Waals surface area contributed by atoms with Gasteiger partial charge in [0.15, 0.2) is 11.6 Å². The van der Waals surface area contributed by atoms with Crippen molar-refractivity contribution in [2.45, 2.75) is 18.6 Å². The van der Waals surface area contributed by atoms with E-state index >= 15 is 0 Å². The molecule has 1 aliphatic rings. The number of benzene rings is 2. The van der Waals surface area contributed by atoms with Crippen LogP contribution in [-0.4, -0.2) is 0 Å². The summed E-state index contributed by atoms with van der Waals surface area (Å²) in [6.45, 7) is 0. The lowest BCUT2D eigenvalue weighted by molar-refractivity contribution is 0.156. The number of hydrogen-bond donors (Lipinski definition) is 1. The Bertz CT molecular complexity index is 615. The van der Waals surface area contributed by atoms with E-state index in [-0.39, 0.29) is 11.6 Å². The fraction of sp³-hybridized carbons (Fsp3) is 0.200. The second-order valence-corrected chi connectivity index (χ2v) is 4.63. The van der Waals surface area contributed by atoms with Crippen LogP contribution in [0.3, 0.4) is 0 Å². The van der Waals surface area contributed by atoms with E-state index in [2.05, 4.69) is 0 Å². The van der Waals surface area contributed by atoms with Crippen molar-refractivity contribution < 1.29 is 13.5 Å². The monoisotopic (exact) mass is 261 g/mol. The Labute approximate surface area is 109 Å². The molecule has 1 heterocycles. The SMILES string of the molecule is N[C@H]1CC(c2cccc(F)c2F)Oc2ccccc21. The predicted molar refractivity (Wildman–Crippen MR) is 67.7 cm³/mol. The van der Waals surface area contributed by atoms with Crippen LogP contribution in [0.5, 0.6) is 5.75 Å². The first-order chi connectivity index (χ1) is 9.16. The molecule has 0 saturated heterocycles.